The molecule has 0 radical (unpaired) electrons. The molecule has 1 fully saturated rings. The molecule has 0 aliphatic heterocycles. The van der Waals surface area contributed by atoms with E-state index in [2.05, 4.69) is 21.4 Å². The average Bonchev–Trinajstić information content (AvgIpc) is 2.88. The van der Waals surface area contributed by atoms with E-state index in [9.17, 15) is 18.5 Å². The van der Waals surface area contributed by atoms with Crippen molar-refractivity contribution in [3.8, 4) is 17.2 Å². The van der Waals surface area contributed by atoms with E-state index in [-0.39, 0.29) is 10.8 Å². The lowest BCUT2D eigenvalue weighted by atomic mass is 9.80. The van der Waals surface area contributed by atoms with E-state index in [1.54, 1.807) is 69.3 Å². The van der Waals surface area contributed by atoms with Crippen LogP contribution in [-0.4, -0.2) is 25.4 Å². The Labute approximate surface area is 225 Å². The van der Waals surface area contributed by atoms with Crippen LogP contribution < -0.4 is 15.4 Å². The molecule has 8 heteroatoms. The minimum absolute atomic E-state index is 0.121. The molecule has 1 aliphatic carbocycles. The number of amides is 1. The van der Waals surface area contributed by atoms with E-state index in [0.29, 0.717) is 29.7 Å². The summed E-state index contributed by atoms with van der Waals surface area (Å²) in [7, 11) is -3.73. The third-order valence-electron chi connectivity index (χ3n) is 6.59. The summed E-state index contributed by atoms with van der Waals surface area (Å²) < 4.78 is 28.8. The molecule has 0 unspecified atom stereocenters. The monoisotopic (exact) mass is 530 g/mol. The van der Waals surface area contributed by atoms with Crippen molar-refractivity contribution in [1.82, 2.24) is 4.72 Å². The number of nitrogens with one attached hydrogen (secondary N) is 3. The second-order valence-electron chi connectivity index (χ2n) is 10.8. The lowest BCUT2D eigenvalue weighted by Gasteiger charge is -2.37. The number of anilines is 2. The van der Waals surface area contributed by atoms with Crippen LogP contribution in [0.15, 0.2) is 77.7 Å². The normalized spacial score (nSPS) is 15.3. The molecule has 1 aliphatic rings. The summed E-state index contributed by atoms with van der Waals surface area (Å²) in [4.78, 5) is 13.8. The summed E-state index contributed by atoms with van der Waals surface area (Å²) >= 11 is 0. The molecule has 198 valence electrons. The lowest BCUT2D eigenvalue weighted by molar-refractivity contribution is -0.121. The third-order valence-corrected chi connectivity index (χ3v) is 8.40. The fraction of sp³-hybridized carbons (Fsp3) is 0.333. The van der Waals surface area contributed by atoms with Crippen LogP contribution in [0.1, 0.15) is 58.4 Å². The second kappa shape index (κ2) is 11.0. The number of carbonyl (C=O) groups is 1. The highest BCUT2D eigenvalue weighted by Crippen LogP contribution is 2.34. The predicted octanol–water partition coefficient (Wildman–Crippen LogP) is 6.06. The first-order valence-corrected chi connectivity index (χ1v) is 14.3. The molecule has 0 heterocycles. The average molecular weight is 531 g/mol. The molecule has 3 aromatic rings. The van der Waals surface area contributed by atoms with Gasteiger partial charge in [-0.05, 0) is 75.6 Å². The number of hydrogen-bond donors (Lipinski definition) is 3. The summed E-state index contributed by atoms with van der Waals surface area (Å²) in [6.45, 7) is 5.41. The summed E-state index contributed by atoms with van der Waals surface area (Å²) in [5.74, 6) is -0.121. The highest BCUT2D eigenvalue weighted by Gasteiger charge is 2.39. The van der Waals surface area contributed by atoms with Gasteiger partial charge in [-0.1, -0.05) is 55.7 Å². The van der Waals surface area contributed by atoms with E-state index in [4.69, 9.17) is 0 Å². The van der Waals surface area contributed by atoms with Gasteiger partial charge in [-0.15, -0.1) is 0 Å². The van der Waals surface area contributed by atoms with E-state index >= 15 is 0 Å². The van der Waals surface area contributed by atoms with E-state index in [1.165, 1.54) is 0 Å². The smallest absolute Gasteiger partial charge is 0.250 e. The van der Waals surface area contributed by atoms with Gasteiger partial charge in [0.1, 0.15) is 5.54 Å². The van der Waals surface area contributed by atoms with E-state index in [0.717, 1.165) is 30.5 Å². The Hall–Kier alpha value is -3.67. The maximum Gasteiger partial charge on any atom is 0.250 e. The maximum atomic E-state index is 13.6. The molecular formula is C30H34N4O3S. The molecule has 0 atom stereocenters. The molecule has 0 bridgehead atoms. The summed E-state index contributed by atoms with van der Waals surface area (Å²) in [6, 6.07) is 23.4. The van der Waals surface area contributed by atoms with Gasteiger partial charge >= 0.3 is 0 Å². The molecule has 7 nitrogen and oxygen atoms in total. The zero-order valence-electron chi connectivity index (χ0n) is 22.0. The Bertz CT molecular complexity index is 1450. The molecule has 3 aromatic carbocycles. The van der Waals surface area contributed by atoms with Gasteiger partial charge in [-0.25, -0.2) is 13.1 Å². The van der Waals surface area contributed by atoms with Gasteiger partial charge in [0, 0.05) is 22.5 Å². The highest BCUT2D eigenvalue weighted by molar-refractivity contribution is 7.89. The fourth-order valence-electron chi connectivity index (χ4n) is 4.89. The minimum Gasteiger partial charge on any atom is -0.371 e. The molecule has 4 rings (SSSR count). The van der Waals surface area contributed by atoms with Crippen LogP contribution in [0.25, 0.3) is 11.1 Å². The molecule has 1 amide bonds. The van der Waals surface area contributed by atoms with Crippen molar-refractivity contribution in [1.29, 1.82) is 5.26 Å². The van der Waals surface area contributed by atoms with Crippen LogP contribution >= 0.6 is 0 Å². The van der Waals surface area contributed by atoms with Crippen molar-refractivity contribution in [2.45, 2.75) is 68.8 Å². The first kappa shape index (κ1) is 27.4. The molecule has 1 saturated carbocycles. The number of carbonyl (C=O) groups excluding carboxylic acids is 1. The lowest BCUT2D eigenvalue weighted by Crippen LogP contribution is -2.51. The molecule has 0 spiro atoms. The maximum absolute atomic E-state index is 13.6. The Morgan fingerprint density at radius 3 is 2.24 bits per heavy atom. The van der Waals surface area contributed by atoms with Crippen LogP contribution in [0.5, 0.6) is 0 Å². The third kappa shape index (κ3) is 6.42. The quantitative estimate of drug-likeness (QED) is 0.344. The van der Waals surface area contributed by atoms with Crippen molar-refractivity contribution in [3.63, 3.8) is 0 Å². The van der Waals surface area contributed by atoms with E-state index in [1.807, 2.05) is 24.3 Å². The number of rotatable bonds is 7. The van der Waals surface area contributed by atoms with Gasteiger partial charge in [-0.3, -0.25) is 4.79 Å². The van der Waals surface area contributed by atoms with Crippen molar-refractivity contribution < 1.29 is 13.2 Å². The van der Waals surface area contributed by atoms with Crippen LogP contribution in [-0.2, 0) is 14.8 Å². The van der Waals surface area contributed by atoms with E-state index < -0.39 is 21.1 Å². The first-order valence-electron chi connectivity index (χ1n) is 12.8. The van der Waals surface area contributed by atoms with Crippen LogP contribution in [0.3, 0.4) is 0 Å². The highest BCUT2D eigenvalue weighted by atomic mass is 32.2. The SMILES string of the molecule is CC(C)(C)NS(=O)(=O)c1ccccc1-c1ccc(NC(=O)C2(Nc3cccc(C#N)c3)CCCCC2)cc1. The summed E-state index contributed by atoms with van der Waals surface area (Å²) in [5.41, 5.74) is 1.85. The van der Waals surface area contributed by atoms with Crippen LogP contribution in [0.4, 0.5) is 11.4 Å². The Kier molecular flexibility index (Phi) is 7.91. The first-order chi connectivity index (χ1) is 18.0. The van der Waals surface area contributed by atoms with Gasteiger partial charge in [0.05, 0.1) is 16.5 Å². The van der Waals surface area contributed by atoms with Gasteiger partial charge in [0.15, 0.2) is 0 Å². The number of nitrogens with zero attached hydrogens (tertiary/aromatic N) is 1. The number of benzene rings is 3. The van der Waals surface area contributed by atoms with Crippen LogP contribution in [0, 0.1) is 11.3 Å². The minimum atomic E-state index is -3.73. The fourth-order valence-corrected chi connectivity index (χ4v) is 6.54. The molecule has 0 aromatic heterocycles. The predicted molar refractivity (Wildman–Crippen MR) is 151 cm³/mol. The number of sulfonamides is 1. The number of nitriles is 1. The van der Waals surface area contributed by atoms with Gasteiger partial charge in [0.25, 0.3) is 0 Å². The van der Waals surface area contributed by atoms with Crippen molar-refractivity contribution in [3.05, 3.63) is 78.4 Å². The topological polar surface area (TPSA) is 111 Å². The molecule has 3 N–H and O–H groups in total. The standard InChI is InChI=1S/C30H34N4O3S/c1-29(2,3)34-38(36,37)27-13-6-5-12-26(27)23-14-16-24(17-15-23)32-28(35)30(18-7-4-8-19-30)33-25-11-9-10-22(20-25)21-31/h5-6,9-17,20,33-34H,4,7-8,18-19H2,1-3H3,(H,32,35). The molecule has 38 heavy (non-hydrogen) atoms. The summed E-state index contributed by atoms with van der Waals surface area (Å²) in [6.07, 6.45) is 4.34. The van der Waals surface area contributed by atoms with Gasteiger partial charge in [-0.2, -0.15) is 5.26 Å². The Morgan fingerprint density at radius 1 is 0.895 bits per heavy atom. The largest absolute Gasteiger partial charge is 0.371 e. The summed E-state index contributed by atoms with van der Waals surface area (Å²) in [5, 5.41) is 15.7. The van der Waals surface area contributed by atoms with Gasteiger partial charge < -0.3 is 10.6 Å². The zero-order chi connectivity index (χ0) is 27.4. The second-order valence-corrected chi connectivity index (χ2v) is 12.5. The van der Waals surface area contributed by atoms with Crippen LogP contribution in [0.2, 0.25) is 0 Å². The molecular weight excluding hydrogens is 496 g/mol. The molecule has 0 saturated heterocycles. The van der Waals surface area contributed by atoms with Crippen molar-refractivity contribution in [2.75, 3.05) is 10.6 Å². The van der Waals surface area contributed by atoms with Crippen molar-refractivity contribution >= 4 is 27.3 Å². The van der Waals surface area contributed by atoms with Crippen molar-refractivity contribution in [2.24, 2.45) is 0 Å². The van der Waals surface area contributed by atoms with Gasteiger partial charge in [0.2, 0.25) is 15.9 Å². The zero-order valence-corrected chi connectivity index (χ0v) is 22.9. The number of hydrogen-bond acceptors (Lipinski definition) is 5. The Balaban J connectivity index is 1.57. The Morgan fingerprint density at radius 2 is 1.58 bits per heavy atom.